The Hall–Kier alpha value is 0.430. The fourth-order valence-electron chi connectivity index (χ4n) is 0.173. The predicted octanol–water partition coefficient (Wildman–Crippen LogP) is 2.66. The lowest BCUT2D eigenvalue weighted by molar-refractivity contribution is 0.0666. The highest BCUT2D eigenvalue weighted by Gasteiger charge is 2.12. The topological polar surface area (TPSA) is 35.5 Å². The second kappa shape index (κ2) is 5.13. The Balaban J connectivity index is 3.44. The highest BCUT2D eigenvalue weighted by Crippen LogP contribution is 2.09. The van der Waals surface area contributed by atoms with Gasteiger partial charge >= 0.3 is 6.16 Å². The lowest BCUT2D eigenvalue weighted by atomic mass is 11.3. The van der Waals surface area contributed by atoms with Gasteiger partial charge < -0.3 is 9.47 Å². The normalized spacial score (nSPS) is 10.2. The van der Waals surface area contributed by atoms with Gasteiger partial charge in [-0.2, -0.15) is 0 Å². The van der Waals surface area contributed by atoms with Gasteiger partial charge in [0.1, 0.15) is 0 Å². The molecule has 0 heterocycles. The van der Waals surface area contributed by atoms with E-state index < -0.39 is 16.2 Å². The van der Waals surface area contributed by atoms with Gasteiger partial charge in [0.15, 0.2) is 0 Å². The first kappa shape index (κ1) is 10.4. The van der Waals surface area contributed by atoms with E-state index in [0.29, 0.717) is 0 Å². The van der Waals surface area contributed by atoms with Crippen LogP contribution in [0.15, 0.2) is 0 Å². The summed E-state index contributed by atoms with van der Waals surface area (Å²) in [5.74, 6) is 0. The van der Waals surface area contributed by atoms with Gasteiger partial charge in [0.25, 0.3) is 10.0 Å². The molecule has 0 rings (SSSR count). The fraction of sp³-hybridized carbons (Fsp3) is 0.667. The highest BCUT2D eigenvalue weighted by atomic mass is 35.5. The largest absolute Gasteiger partial charge is 0.513 e. The second-order valence-electron chi connectivity index (χ2n) is 1.01. The quantitative estimate of drug-likeness (QED) is 0.538. The fourth-order valence-corrected chi connectivity index (χ4v) is 0.464. The van der Waals surface area contributed by atoms with Crippen molar-refractivity contribution in [1.29, 1.82) is 0 Å². The maximum atomic E-state index is 10.3. The summed E-state index contributed by atoms with van der Waals surface area (Å²) >= 11 is 20.0. The maximum Gasteiger partial charge on any atom is 0.513 e. The summed E-state index contributed by atoms with van der Waals surface area (Å²) in [6.07, 6.45) is -1.12. The minimum Gasteiger partial charge on any atom is -0.400 e. The van der Waals surface area contributed by atoms with Crippen LogP contribution in [0.5, 0.6) is 0 Å². The average molecular weight is 228 g/mol. The lowest BCUT2D eigenvalue weighted by Gasteiger charge is -2.05. The van der Waals surface area contributed by atoms with Gasteiger partial charge in [-0.3, -0.25) is 0 Å². The first-order valence-electron chi connectivity index (χ1n) is 1.96. The van der Waals surface area contributed by atoms with Crippen molar-refractivity contribution in [3.8, 4) is 0 Å². The molecule has 0 radical (unpaired) electrons. The summed E-state index contributed by atoms with van der Waals surface area (Å²) in [6.45, 7) is 0. The minimum absolute atomic E-state index is 1.12. The third kappa shape index (κ3) is 6.55. The van der Waals surface area contributed by atoms with Gasteiger partial charge in [-0.15, -0.1) is 0 Å². The van der Waals surface area contributed by atoms with E-state index in [-0.39, 0.29) is 0 Å². The molecule has 7 heteroatoms. The first-order chi connectivity index (χ1) is 4.52. The Morgan fingerprint density at radius 1 is 1.00 bits per heavy atom. The Kier molecular flexibility index (Phi) is 5.35. The number of rotatable bonds is 2. The molecule has 0 aromatic carbocycles. The van der Waals surface area contributed by atoms with Gasteiger partial charge in [-0.1, -0.05) is 46.4 Å². The van der Waals surface area contributed by atoms with Gasteiger partial charge in [0.2, 0.25) is 0 Å². The van der Waals surface area contributed by atoms with Crippen molar-refractivity contribution < 1.29 is 14.3 Å². The van der Waals surface area contributed by atoms with Crippen LogP contribution in [0.1, 0.15) is 0 Å². The lowest BCUT2D eigenvalue weighted by Crippen LogP contribution is -2.12. The molecule has 0 saturated heterocycles. The van der Waals surface area contributed by atoms with E-state index in [1.807, 2.05) is 0 Å². The number of ether oxygens (including phenoxy) is 2. The number of hydrogen-bond acceptors (Lipinski definition) is 3. The van der Waals surface area contributed by atoms with Crippen molar-refractivity contribution >= 4 is 52.6 Å². The second-order valence-corrected chi connectivity index (χ2v) is 3.04. The molecule has 60 valence electrons. The van der Waals surface area contributed by atoms with Crippen molar-refractivity contribution in [2.45, 2.75) is 10.0 Å². The van der Waals surface area contributed by atoms with E-state index in [4.69, 9.17) is 46.4 Å². The van der Waals surface area contributed by atoms with Crippen molar-refractivity contribution in [2.75, 3.05) is 0 Å². The molecule has 0 N–H and O–H groups in total. The van der Waals surface area contributed by atoms with Gasteiger partial charge in [0.05, 0.1) is 0 Å². The molecule has 0 aliphatic carbocycles. The zero-order valence-electron chi connectivity index (χ0n) is 4.39. The summed E-state index contributed by atoms with van der Waals surface area (Å²) in [5, 5.41) is -2.56. The monoisotopic (exact) mass is 226 g/mol. The van der Waals surface area contributed by atoms with Crippen molar-refractivity contribution in [3.05, 3.63) is 0 Å². The number of hydrogen-bond donors (Lipinski definition) is 0. The van der Waals surface area contributed by atoms with Crippen LogP contribution in [-0.2, 0) is 9.47 Å². The smallest absolute Gasteiger partial charge is 0.400 e. The molecule has 0 amide bonds. The summed E-state index contributed by atoms with van der Waals surface area (Å²) in [4.78, 5) is 10.3. The van der Waals surface area contributed by atoms with E-state index in [0.717, 1.165) is 0 Å². The molecule has 0 bridgehead atoms. The van der Waals surface area contributed by atoms with E-state index in [2.05, 4.69) is 9.47 Å². The van der Waals surface area contributed by atoms with E-state index >= 15 is 0 Å². The van der Waals surface area contributed by atoms with Gasteiger partial charge in [-0.05, 0) is 0 Å². The van der Waals surface area contributed by atoms with Crippen molar-refractivity contribution in [3.63, 3.8) is 0 Å². The van der Waals surface area contributed by atoms with Crippen molar-refractivity contribution in [1.82, 2.24) is 0 Å². The number of alkyl halides is 4. The van der Waals surface area contributed by atoms with E-state index in [1.54, 1.807) is 0 Å². The molecule has 0 fully saturated rings. The highest BCUT2D eigenvalue weighted by molar-refractivity contribution is 6.44. The van der Waals surface area contributed by atoms with E-state index in [1.165, 1.54) is 0 Å². The average Bonchev–Trinajstić information content (AvgIpc) is 1.58. The number of halogens is 4. The van der Waals surface area contributed by atoms with Crippen LogP contribution in [0.3, 0.4) is 0 Å². The van der Waals surface area contributed by atoms with Crippen LogP contribution in [0.25, 0.3) is 0 Å². The SMILES string of the molecule is O=C(OC(Cl)Cl)OC(Cl)Cl. The Bertz CT molecular complexity index is 102. The Labute approximate surface area is 77.1 Å². The molecule has 0 unspecified atom stereocenters. The minimum atomic E-state index is -1.28. The molecule has 3 nitrogen and oxygen atoms in total. The summed E-state index contributed by atoms with van der Waals surface area (Å²) in [7, 11) is 0. The van der Waals surface area contributed by atoms with Crippen LogP contribution in [0.4, 0.5) is 4.79 Å². The summed E-state index contributed by atoms with van der Waals surface area (Å²) in [6, 6.07) is 0. The summed E-state index contributed by atoms with van der Waals surface area (Å²) < 4.78 is 8.12. The molecular formula is C3H2Cl4O3. The number of carbonyl (C=O) groups is 1. The van der Waals surface area contributed by atoms with Gasteiger partial charge in [0, 0.05) is 0 Å². The van der Waals surface area contributed by atoms with Crippen LogP contribution >= 0.6 is 46.4 Å². The third-order valence-electron chi connectivity index (χ3n) is 0.371. The molecule has 0 atom stereocenters. The molecule has 0 aliphatic rings. The molecular weight excluding hydrogens is 226 g/mol. The Morgan fingerprint density at radius 2 is 1.30 bits per heavy atom. The Morgan fingerprint density at radius 3 is 1.50 bits per heavy atom. The zero-order valence-corrected chi connectivity index (χ0v) is 7.42. The molecule has 0 aromatic rings. The van der Waals surface area contributed by atoms with E-state index in [9.17, 15) is 4.79 Å². The van der Waals surface area contributed by atoms with Crippen molar-refractivity contribution in [2.24, 2.45) is 0 Å². The first-order valence-corrected chi connectivity index (χ1v) is 3.70. The maximum absolute atomic E-state index is 10.3. The molecule has 0 aliphatic heterocycles. The predicted molar refractivity (Wildman–Crippen MR) is 38.6 cm³/mol. The van der Waals surface area contributed by atoms with Crippen LogP contribution in [0, 0.1) is 0 Å². The van der Waals surface area contributed by atoms with Crippen LogP contribution < -0.4 is 0 Å². The molecule has 0 aromatic heterocycles. The zero-order chi connectivity index (χ0) is 8.15. The standard InChI is InChI=1S/C3H2Cl4O3/c4-1(5)9-3(8)10-2(6)7/h1-2H. The molecule has 0 spiro atoms. The number of carbonyl (C=O) groups excluding carboxylic acids is 1. The summed E-state index contributed by atoms with van der Waals surface area (Å²) in [5.41, 5.74) is 0. The molecule has 10 heavy (non-hydrogen) atoms. The van der Waals surface area contributed by atoms with Crippen LogP contribution in [0.2, 0.25) is 0 Å². The molecule has 0 saturated carbocycles. The van der Waals surface area contributed by atoms with Crippen LogP contribution in [-0.4, -0.2) is 16.2 Å². The third-order valence-corrected chi connectivity index (χ3v) is 0.727. The van der Waals surface area contributed by atoms with Gasteiger partial charge in [-0.25, -0.2) is 4.79 Å².